The van der Waals surface area contributed by atoms with Gasteiger partial charge < -0.3 is 15.2 Å². The molecule has 1 aromatic carbocycles. The second-order valence-electron chi connectivity index (χ2n) is 4.36. The van der Waals surface area contributed by atoms with E-state index in [0.29, 0.717) is 6.61 Å². The summed E-state index contributed by atoms with van der Waals surface area (Å²) in [5, 5.41) is 12.9. The first kappa shape index (κ1) is 13.2. The van der Waals surface area contributed by atoms with E-state index in [1.807, 2.05) is 44.2 Å². The maximum atomic E-state index is 9.55. The minimum atomic E-state index is -0.417. The van der Waals surface area contributed by atoms with Gasteiger partial charge in [-0.1, -0.05) is 30.3 Å². The van der Waals surface area contributed by atoms with Crippen molar-refractivity contribution in [2.24, 2.45) is 0 Å². The average molecular weight is 223 g/mol. The summed E-state index contributed by atoms with van der Waals surface area (Å²) in [5.41, 5.74) is 0.666. The number of nitrogens with one attached hydrogen (secondary N) is 1. The Hall–Kier alpha value is -0.900. The highest BCUT2D eigenvalue weighted by molar-refractivity contribution is 5.23. The fraction of sp³-hybridized carbons (Fsp3) is 0.538. The fourth-order valence-corrected chi connectivity index (χ4v) is 1.86. The molecular weight excluding hydrogens is 202 g/mol. The molecule has 0 fully saturated rings. The van der Waals surface area contributed by atoms with Crippen LogP contribution in [0.5, 0.6) is 0 Å². The molecule has 2 N–H and O–H groups in total. The lowest BCUT2D eigenvalue weighted by Gasteiger charge is -2.32. The van der Waals surface area contributed by atoms with Crippen molar-refractivity contribution in [2.75, 3.05) is 20.3 Å². The Labute approximate surface area is 97.4 Å². The first-order valence-electron chi connectivity index (χ1n) is 5.55. The van der Waals surface area contributed by atoms with Gasteiger partial charge in [0.05, 0.1) is 18.8 Å². The van der Waals surface area contributed by atoms with Crippen LogP contribution in [0.25, 0.3) is 0 Å². The Morgan fingerprint density at radius 1 is 1.38 bits per heavy atom. The number of hydrogen-bond donors (Lipinski definition) is 2. The van der Waals surface area contributed by atoms with Gasteiger partial charge in [0.15, 0.2) is 0 Å². The van der Waals surface area contributed by atoms with Crippen LogP contribution >= 0.6 is 0 Å². The lowest BCUT2D eigenvalue weighted by Crippen LogP contribution is -2.48. The molecule has 2 unspecified atom stereocenters. The van der Waals surface area contributed by atoms with E-state index in [2.05, 4.69) is 5.32 Å². The van der Waals surface area contributed by atoms with Gasteiger partial charge in [-0.05, 0) is 19.4 Å². The largest absolute Gasteiger partial charge is 0.394 e. The number of aliphatic hydroxyl groups is 1. The highest BCUT2D eigenvalue weighted by atomic mass is 16.5. The Balaban J connectivity index is 2.78. The van der Waals surface area contributed by atoms with E-state index in [0.717, 1.165) is 5.56 Å². The van der Waals surface area contributed by atoms with E-state index in [1.54, 1.807) is 7.11 Å². The minimum Gasteiger partial charge on any atom is -0.394 e. The summed E-state index contributed by atoms with van der Waals surface area (Å²) in [5.74, 6) is 0. The molecule has 1 aromatic rings. The molecule has 0 aliphatic heterocycles. The first-order chi connectivity index (χ1) is 7.62. The minimum absolute atomic E-state index is 0.0606. The molecule has 3 heteroatoms. The molecule has 0 saturated heterocycles. The van der Waals surface area contributed by atoms with Crippen molar-refractivity contribution in [3.05, 3.63) is 35.9 Å². The van der Waals surface area contributed by atoms with Gasteiger partial charge in [0.2, 0.25) is 0 Å². The van der Waals surface area contributed by atoms with Crippen LogP contribution < -0.4 is 5.32 Å². The van der Waals surface area contributed by atoms with Crippen molar-refractivity contribution < 1.29 is 9.84 Å². The van der Waals surface area contributed by atoms with Crippen molar-refractivity contribution in [2.45, 2.75) is 25.4 Å². The Morgan fingerprint density at radius 2 is 2.00 bits per heavy atom. The Morgan fingerprint density at radius 3 is 2.50 bits per heavy atom. The third-order valence-electron chi connectivity index (χ3n) is 2.71. The number of methoxy groups -OCH3 is 1. The van der Waals surface area contributed by atoms with Crippen LogP contribution in [0, 0.1) is 0 Å². The Bertz CT molecular complexity index is 302. The zero-order chi connectivity index (χ0) is 12.0. The number of hydrogen-bond acceptors (Lipinski definition) is 3. The van der Waals surface area contributed by atoms with Crippen LogP contribution in [0.4, 0.5) is 0 Å². The lowest BCUT2D eigenvalue weighted by atomic mass is 9.92. The van der Waals surface area contributed by atoms with Gasteiger partial charge in [0, 0.05) is 13.2 Å². The predicted octanol–water partition coefficient (Wildman–Crippen LogP) is 1.52. The van der Waals surface area contributed by atoms with Gasteiger partial charge in [0.25, 0.3) is 0 Å². The molecule has 1 rings (SSSR count). The first-order valence-corrected chi connectivity index (χ1v) is 5.55. The average Bonchev–Trinajstić information content (AvgIpc) is 2.30. The summed E-state index contributed by atoms with van der Waals surface area (Å²) in [7, 11) is 1.68. The standard InChI is InChI=1S/C13H21NO2/c1-11(9-16-3)14-13(2,10-15)12-7-5-4-6-8-12/h4-8,11,14-15H,9-10H2,1-3H3. The SMILES string of the molecule is COCC(C)NC(C)(CO)c1ccccc1. The molecular formula is C13H21NO2. The van der Waals surface area contributed by atoms with Gasteiger partial charge in [0.1, 0.15) is 0 Å². The van der Waals surface area contributed by atoms with Crippen LogP contribution in [0.1, 0.15) is 19.4 Å². The molecule has 16 heavy (non-hydrogen) atoms. The van der Waals surface area contributed by atoms with Gasteiger partial charge >= 0.3 is 0 Å². The molecule has 2 atom stereocenters. The van der Waals surface area contributed by atoms with E-state index in [4.69, 9.17) is 4.74 Å². The van der Waals surface area contributed by atoms with Crippen LogP contribution in [0.2, 0.25) is 0 Å². The highest BCUT2D eigenvalue weighted by Crippen LogP contribution is 2.20. The number of ether oxygens (including phenoxy) is 1. The van der Waals surface area contributed by atoms with Crippen LogP contribution in [0.3, 0.4) is 0 Å². The zero-order valence-electron chi connectivity index (χ0n) is 10.2. The molecule has 0 aromatic heterocycles. The molecule has 0 aliphatic carbocycles. The van der Waals surface area contributed by atoms with Crippen LogP contribution in [-0.2, 0) is 10.3 Å². The van der Waals surface area contributed by atoms with Crippen molar-refractivity contribution in [3.63, 3.8) is 0 Å². The van der Waals surface area contributed by atoms with E-state index in [9.17, 15) is 5.11 Å². The summed E-state index contributed by atoms with van der Waals surface area (Å²) in [6.07, 6.45) is 0. The van der Waals surface area contributed by atoms with Crippen LogP contribution in [0.15, 0.2) is 30.3 Å². The number of benzene rings is 1. The highest BCUT2D eigenvalue weighted by Gasteiger charge is 2.26. The quantitative estimate of drug-likeness (QED) is 0.768. The summed E-state index contributed by atoms with van der Waals surface area (Å²) in [4.78, 5) is 0. The topological polar surface area (TPSA) is 41.5 Å². The third kappa shape index (κ3) is 3.30. The molecule has 0 amide bonds. The second kappa shape index (κ2) is 5.99. The fourth-order valence-electron chi connectivity index (χ4n) is 1.86. The maximum Gasteiger partial charge on any atom is 0.0652 e. The monoisotopic (exact) mass is 223 g/mol. The molecule has 0 heterocycles. The van der Waals surface area contributed by atoms with Gasteiger partial charge in [-0.15, -0.1) is 0 Å². The van der Waals surface area contributed by atoms with Crippen molar-refractivity contribution in [1.29, 1.82) is 0 Å². The van der Waals surface area contributed by atoms with Gasteiger partial charge in [-0.2, -0.15) is 0 Å². The molecule has 3 nitrogen and oxygen atoms in total. The second-order valence-corrected chi connectivity index (χ2v) is 4.36. The molecule has 0 aliphatic rings. The van der Waals surface area contributed by atoms with E-state index in [1.165, 1.54) is 0 Å². The third-order valence-corrected chi connectivity index (χ3v) is 2.71. The summed E-state index contributed by atoms with van der Waals surface area (Å²) in [6.45, 7) is 4.72. The normalized spacial score (nSPS) is 16.8. The summed E-state index contributed by atoms with van der Waals surface area (Å²) >= 11 is 0. The number of aliphatic hydroxyl groups excluding tert-OH is 1. The van der Waals surface area contributed by atoms with Crippen molar-refractivity contribution in [1.82, 2.24) is 5.32 Å². The smallest absolute Gasteiger partial charge is 0.0652 e. The van der Waals surface area contributed by atoms with Gasteiger partial charge in [-0.3, -0.25) is 0 Å². The van der Waals surface area contributed by atoms with E-state index < -0.39 is 5.54 Å². The zero-order valence-corrected chi connectivity index (χ0v) is 10.2. The van der Waals surface area contributed by atoms with Crippen molar-refractivity contribution >= 4 is 0 Å². The Kier molecular flexibility index (Phi) is 4.93. The number of rotatable bonds is 6. The summed E-state index contributed by atoms with van der Waals surface area (Å²) < 4.78 is 5.09. The molecule has 90 valence electrons. The van der Waals surface area contributed by atoms with E-state index >= 15 is 0 Å². The molecule has 0 spiro atoms. The molecule has 0 bridgehead atoms. The van der Waals surface area contributed by atoms with E-state index in [-0.39, 0.29) is 12.6 Å². The van der Waals surface area contributed by atoms with Gasteiger partial charge in [-0.25, -0.2) is 0 Å². The van der Waals surface area contributed by atoms with Crippen molar-refractivity contribution in [3.8, 4) is 0 Å². The maximum absolute atomic E-state index is 9.55. The lowest BCUT2D eigenvalue weighted by molar-refractivity contribution is 0.121. The molecule has 0 radical (unpaired) electrons. The summed E-state index contributed by atoms with van der Waals surface area (Å²) in [6, 6.07) is 10.2. The van der Waals surface area contributed by atoms with Crippen LogP contribution in [-0.4, -0.2) is 31.5 Å². The predicted molar refractivity (Wildman–Crippen MR) is 65.4 cm³/mol. The molecule has 0 saturated carbocycles.